The van der Waals surface area contributed by atoms with Gasteiger partial charge in [-0.05, 0) is 36.6 Å². The lowest BCUT2D eigenvalue weighted by molar-refractivity contribution is 0.680. The van der Waals surface area contributed by atoms with Gasteiger partial charge >= 0.3 is 0 Å². The first kappa shape index (κ1) is 13.3. The van der Waals surface area contributed by atoms with Gasteiger partial charge in [0, 0.05) is 17.5 Å². The third-order valence-electron chi connectivity index (χ3n) is 2.95. The van der Waals surface area contributed by atoms with Gasteiger partial charge < -0.3 is 5.32 Å². The second kappa shape index (κ2) is 6.67. The molecule has 94 valence electrons. The normalized spacial score (nSPS) is 15.2. The Morgan fingerprint density at radius 2 is 2.24 bits per heavy atom. The molecule has 1 aromatic carbocycles. The van der Waals surface area contributed by atoms with Gasteiger partial charge in [-0.15, -0.1) is 11.8 Å². The van der Waals surface area contributed by atoms with Crippen molar-refractivity contribution in [1.82, 2.24) is 5.32 Å². The maximum atomic E-state index is 6.29. The van der Waals surface area contributed by atoms with Gasteiger partial charge in [0.2, 0.25) is 0 Å². The van der Waals surface area contributed by atoms with Crippen LogP contribution < -0.4 is 5.32 Å². The fourth-order valence-corrected chi connectivity index (χ4v) is 3.24. The summed E-state index contributed by atoms with van der Waals surface area (Å²) in [6.07, 6.45) is 5.16. The minimum absolute atomic E-state index is 0.752. The highest BCUT2D eigenvalue weighted by atomic mass is 35.5. The van der Waals surface area contributed by atoms with E-state index in [4.69, 9.17) is 11.6 Å². The predicted molar refractivity (Wildman–Crippen MR) is 76.9 cm³/mol. The average molecular weight is 270 g/mol. The molecule has 1 nitrogen and oxygen atoms in total. The van der Waals surface area contributed by atoms with Crippen molar-refractivity contribution in [3.63, 3.8) is 0 Å². The summed E-state index contributed by atoms with van der Waals surface area (Å²) in [6, 6.07) is 6.99. The van der Waals surface area contributed by atoms with Crippen LogP contribution in [-0.2, 0) is 6.54 Å². The molecule has 0 heterocycles. The number of hydrogen-bond donors (Lipinski definition) is 1. The quantitative estimate of drug-likeness (QED) is 0.578. The Hall–Kier alpha value is -0.180. The molecule has 1 aliphatic carbocycles. The van der Waals surface area contributed by atoms with Crippen molar-refractivity contribution < 1.29 is 0 Å². The molecule has 1 N–H and O–H groups in total. The van der Waals surface area contributed by atoms with E-state index in [1.54, 1.807) is 0 Å². The molecule has 17 heavy (non-hydrogen) atoms. The lowest BCUT2D eigenvalue weighted by Crippen LogP contribution is -2.15. The monoisotopic (exact) mass is 269 g/mol. The van der Waals surface area contributed by atoms with Gasteiger partial charge in [-0.25, -0.2) is 0 Å². The molecule has 1 fully saturated rings. The van der Waals surface area contributed by atoms with Crippen molar-refractivity contribution in [3.8, 4) is 0 Å². The Morgan fingerprint density at radius 1 is 1.41 bits per heavy atom. The van der Waals surface area contributed by atoms with Crippen molar-refractivity contribution in [2.24, 2.45) is 0 Å². The molecule has 0 aliphatic heterocycles. The lowest BCUT2D eigenvalue weighted by Gasteiger charge is -2.11. The summed E-state index contributed by atoms with van der Waals surface area (Å²) in [7, 11) is 0. The second-order valence-corrected chi connectivity index (χ2v) is 6.10. The standard InChI is InChI=1S/C14H20ClNS/c1-2-3-9-17-14-11(5-4-6-13(14)15)10-16-12-7-8-12/h4-6,12,16H,2-3,7-10H2,1H3. The third-order valence-corrected chi connectivity index (χ3v) is 4.64. The number of nitrogens with one attached hydrogen (secondary N) is 1. The van der Waals surface area contributed by atoms with Crippen LogP contribution in [0.4, 0.5) is 0 Å². The zero-order chi connectivity index (χ0) is 12.1. The number of thioether (sulfide) groups is 1. The van der Waals surface area contributed by atoms with Crippen LogP contribution in [-0.4, -0.2) is 11.8 Å². The fraction of sp³-hybridized carbons (Fsp3) is 0.571. The first-order valence-electron chi connectivity index (χ1n) is 6.45. The molecule has 0 radical (unpaired) electrons. The van der Waals surface area contributed by atoms with Crippen molar-refractivity contribution >= 4 is 23.4 Å². The van der Waals surface area contributed by atoms with Gasteiger partial charge in [0.05, 0.1) is 5.02 Å². The second-order valence-electron chi connectivity index (χ2n) is 4.59. The summed E-state index contributed by atoms with van der Waals surface area (Å²) in [5.41, 5.74) is 1.35. The minimum Gasteiger partial charge on any atom is -0.310 e. The van der Waals surface area contributed by atoms with Crippen LogP contribution in [0.3, 0.4) is 0 Å². The number of halogens is 1. The van der Waals surface area contributed by atoms with Gasteiger partial charge in [-0.2, -0.15) is 0 Å². The van der Waals surface area contributed by atoms with E-state index >= 15 is 0 Å². The first-order chi connectivity index (χ1) is 8.31. The zero-order valence-corrected chi connectivity index (χ0v) is 11.9. The van der Waals surface area contributed by atoms with Gasteiger partial charge in [0.1, 0.15) is 0 Å². The Labute approximate surface area is 113 Å². The van der Waals surface area contributed by atoms with Crippen molar-refractivity contribution in [1.29, 1.82) is 0 Å². The Morgan fingerprint density at radius 3 is 2.94 bits per heavy atom. The predicted octanol–water partition coefficient (Wildman–Crippen LogP) is 4.48. The molecule has 0 unspecified atom stereocenters. The summed E-state index contributed by atoms with van der Waals surface area (Å²) in [4.78, 5) is 1.27. The number of hydrogen-bond acceptors (Lipinski definition) is 2. The molecule has 0 bridgehead atoms. The number of benzene rings is 1. The first-order valence-corrected chi connectivity index (χ1v) is 7.81. The SMILES string of the molecule is CCCCSc1c(Cl)cccc1CNC1CC1. The van der Waals surface area contributed by atoms with Gasteiger partial charge in [-0.3, -0.25) is 0 Å². The van der Waals surface area contributed by atoms with E-state index in [1.165, 1.54) is 36.1 Å². The van der Waals surface area contributed by atoms with E-state index in [1.807, 2.05) is 17.8 Å². The molecule has 0 saturated heterocycles. The van der Waals surface area contributed by atoms with E-state index in [0.29, 0.717) is 0 Å². The summed E-state index contributed by atoms with van der Waals surface area (Å²) in [5.74, 6) is 1.16. The van der Waals surface area contributed by atoms with Gasteiger partial charge in [0.25, 0.3) is 0 Å². The van der Waals surface area contributed by atoms with Crippen molar-refractivity contribution in [2.45, 2.75) is 50.1 Å². The smallest absolute Gasteiger partial charge is 0.0545 e. The molecule has 1 aliphatic rings. The molecule has 0 spiro atoms. The van der Waals surface area contributed by atoms with E-state index < -0.39 is 0 Å². The maximum Gasteiger partial charge on any atom is 0.0545 e. The zero-order valence-electron chi connectivity index (χ0n) is 10.3. The Balaban J connectivity index is 1.98. The summed E-state index contributed by atoms with van der Waals surface area (Å²) in [6.45, 7) is 3.18. The summed E-state index contributed by atoms with van der Waals surface area (Å²) >= 11 is 8.19. The van der Waals surface area contributed by atoms with E-state index in [9.17, 15) is 0 Å². The lowest BCUT2D eigenvalue weighted by atomic mass is 10.2. The van der Waals surface area contributed by atoms with Gasteiger partial charge in [0.15, 0.2) is 0 Å². The maximum absolute atomic E-state index is 6.29. The van der Waals surface area contributed by atoms with E-state index in [2.05, 4.69) is 24.4 Å². The Bertz CT molecular complexity index is 363. The van der Waals surface area contributed by atoms with Gasteiger partial charge in [-0.1, -0.05) is 37.1 Å². The molecule has 0 atom stereocenters. The molecule has 2 rings (SSSR count). The molecule has 3 heteroatoms. The van der Waals surface area contributed by atoms with Crippen LogP contribution in [0.1, 0.15) is 38.2 Å². The number of unbranched alkanes of at least 4 members (excludes halogenated alkanes) is 1. The van der Waals surface area contributed by atoms with Crippen LogP contribution in [0.5, 0.6) is 0 Å². The molecule has 1 aromatic rings. The topological polar surface area (TPSA) is 12.0 Å². The van der Waals surface area contributed by atoms with E-state index in [0.717, 1.165) is 23.4 Å². The summed E-state index contributed by atoms with van der Waals surface area (Å²) < 4.78 is 0. The molecule has 0 amide bonds. The van der Waals surface area contributed by atoms with Crippen LogP contribution in [0, 0.1) is 0 Å². The van der Waals surface area contributed by atoms with Crippen molar-refractivity contribution in [2.75, 3.05) is 5.75 Å². The largest absolute Gasteiger partial charge is 0.310 e. The molecule has 1 saturated carbocycles. The van der Waals surface area contributed by atoms with Crippen LogP contribution in [0.25, 0.3) is 0 Å². The summed E-state index contributed by atoms with van der Waals surface area (Å²) in [5, 5.41) is 4.46. The van der Waals surface area contributed by atoms with E-state index in [-0.39, 0.29) is 0 Å². The van der Waals surface area contributed by atoms with Crippen LogP contribution in [0.15, 0.2) is 23.1 Å². The molecular formula is C14H20ClNS. The van der Waals surface area contributed by atoms with Crippen LogP contribution in [0.2, 0.25) is 5.02 Å². The minimum atomic E-state index is 0.752. The highest BCUT2D eigenvalue weighted by Gasteiger charge is 2.20. The highest BCUT2D eigenvalue weighted by molar-refractivity contribution is 7.99. The average Bonchev–Trinajstić information content (AvgIpc) is 3.13. The highest BCUT2D eigenvalue weighted by Crippen LogP contribution is 2.32. The fourth-order valence-electron chi connectivity index (χ4n) is 1.71. The Kier molecular flexibility index (Phi) is 5.20. The van der Waals surface area contributed by atoms with Crippen LogP contribution >= 0.6 is 23.4 Å². The number of rotatable bonds is 7. The van der Waals surface area contributed by atoms with Crippen molar-refractivity contribution in [3.05, 3.63) is 28.8 Å². The third kappa shape index (κ3) is 4.20. The molecular weight excluding hydrogens is 250 g/mol. The molecule has 0 aromatic heterocycles.